The molecule has 6 heteroatoms. The number of sulfonamides is 1. The average Bonchev–Trinajstić information content (AvgIpc) is 2.91. The van der Waals surface area contributed by atoms with Crippen LogP contribution in [0.5, 0.6) is 0 Å². The maximum absolute atomic E-state index is 12.7. The molecule has 2 rings (SSSR count). The number of hydrogen-bond acceptors (Lipinski definition) is 3. The summed E-state index contributed by atoms with van der Waals surface area (Å²) in [5, 5.41) is 0. The van der Waals surface area contributed by atoms with Gasteiger partial charge in [0.25, 0.3) is 0 Å². The summed E-state index contributed by atoms with van der Waals surface area (Å²) < 4.78 is 32.4. The van der Waals surface area contributed by atoms with Crippen molar-refractivity contribution >= 4 is 21.6 Å². The molecule has 0 N–H and O–H groups in total. The van der Waals surface area contributed by atoms with Gasteiger partial charge >= 0.3 is 0 Å². The zero-order valence-electron chi connectivity index (χ0n) is 12.7. The summed E-state index contributed by atoms with van der Waals surface area (Å²) in [7, 11) is -1.90. The Morgan fingerprint density at radius 3 is 2.62 bits per heavy atom. The Hall–Kier alpha value is -0.620. The molecule has 4 nitrogen and oxygen atoms in total. The van der Waals surface area contributed by atoms with Crippen molar-refractivity contribution in [2.24, 2.45) is 0 Å². The normalized spacial score (nSPS) is 19.4. The van der Waals surface area contributed by atoms with Crippen molar-refractivity contribution < 1.29 is 13.2 Å². The van der Waals surface area contributed by atoms with Crippen molar-refractivity contribution in [1.82, 2.24) is 4.31 Å². The minimum atomic E-state index is -3.51. The summed E-state index contributed by atoms with van der Waals surface area (Å²) in [5.74, 6) is 0.310. The molecule has 1 atom stereocenters. The van der Waals surface area contributed by atoms with Gasteiger partial charge in [-0.3, -0.25) is 0 Å². The Kier molecular flexibility index (Phi) is 5.30. The summed E-state index contributed by atoms with van der Waals surface area (Å²) in [6, 6.07) is 3.57. The maximum Gasteiger partial charge on any atom is 0.243 e. The van der Waals surface area contributed by atoms with Crippen molar-refractivity contribution in [2.45, 2.75) is 43.6 Å². The van der Waals surface area contributed by atoms with Crippen molar-refractivity contribution in [2.75, 3.05) is 20.2 Å². The number of benzene rings is 1. The van der Waals surface area contributed by atoms with E-state index in [1.54, 1.807) is 13.1 Å². The molecular weight excluding hydrogens is 310 g/mol. The van der Waals surface area contributed by atoms with Crippen molar-refractivity contribution in [3.63, 3.8) is 0 Å². The lowest BCUT2D eigenvalue weighted by atomic mass is 10.1. The lowest BCUT2D eigenvalue weighted by molar-refractivity contribution is 0.0979. The molecular formula is C15H22ClNO3S. The Labute approximate surface area is 132 Å². The molecule has 118 valence electrons. The highest BCUT2D eigenvalue weighted by molar-refractivity contribution is 7.89. The van der Waals surface area contributed by atoms with Crippen LogP contribution in [0.4, 0.5) is 0 Å². The van der Waals surface area contributed by atoms with Crippen LogP contribution < -0.4 is 0 Å². The van der Waals surface area contributed by atoms with E-state index in [-0.39, 0.29) is 6.10 Å². The molecule has 1 saturated heterocycles. The Morgan fingerprint density at radius 1 is 1.33 bits per heavy atom. The molecule has 21 heavy (non-hydrogen) atoms. The zero-order valence-corrected chi connectivity index (χ0v) is 14.3. The van der Waals surface area contributed by atoms with Gasteiger partial charge in [0.2, 0.25) is 10.0 Å². The molecule has 1 aliphatic heterocycles. The summed E-state index contributed by atoms with van der Waals surface area (Å²) in [4.78, 5) is 0.337. The van der Waals surface area contributed by atoms with E-state index in [9.17, 15) is 8.42 Å². The number of alkyl halides is 1. The summed E-state index contributed by atoms with van der Waals surface area (Å²) in [6.45, 7) is 4.87. The Bertz CT molecular complexity index is 610. The first-order valence-corrected chi connectivity index (χ1v) is 9.07. The quantitative estimate of drug-likeness (QED) is 0.779. The fraction of sp³-hybridized carbons (Fsp3) is 0.600. The minimum Gasteiger partial charge on any atom is -0.377 e. The van der Waals surface area contributed by atoms with Gasteiger partial charge in [0.1, 0.15) is 0 Å². The van der Waals surface area contributed by atoms with Gasteiger partial charge in [0, 0.05) is 26.1 Å². The topological polar surface area (TPSA) is 46.6 Å². The van der Waals surface area contributed by atoms with Crippen LogP contribution in [0.25, 0.3) is 0 Å². The van der Waals surface area contributed by atoms with Crippen LogP contribution in [-0.4, -0.2) is 39.0 Å². The summed E-state index contributed by atoms with van der Waals surface area (Å²) in [5.41, 5.74) is 2.62. The largest absolute Gasteiger partial charge is 0.377 e. The summed E-state index contributed by atoms with van der Waals surface area (Å²) in [6.07, 6.45) is 1.92. The van der Waals surface area contributed by atoms with Crippen molar-refractivity contribution in [3.05, 3.63) is 28.8 Å². The number of ether oxygens (including phenoxy) is 1. The van der Waals surface area contributed by atoms with Gasteiger partial charge < -0.3 is 4.74 Å². The number of halogens is 1. The van der Waals surface area contributed by atoms with Crippen LogP contribution in [0.15, 0.2) is 17.0 Å². The standard InChI is InChI=1S/C15H22ClNO3S/c1-11-7-12(2)15(8-13(11)9-16)21(18,19)17(3)10-14-5-4-6-20-14/h7-8,14H,4-6,9-10H2,1-3H3. The Balaban J connectivity index is 2.29. The van der Waals surface area contributed by atoms with E-state index in [1.807, 2.05) is 19.9 Å². The third-order valence-electron chi connectivity index (χ3n) is 3.95. The van der Waals surface area contributed by atoms with Crippen LogP contribution in [0, 0.1) is 13.8 Å². The molecule has 0 radical (unpaired) electrons. The van der Waals surface area contributed by atoms with Gasteiger partial charge in [-0.15, -0.1) is 11.6 Å². The summed E-state index contributed by atoms with van der Waals surface area (Å²) >= 11 is 5.90. The number of aryl methyl sites for hydroxylation is 2. The SMILES string of the molecule is Cc1cc(C)c(S(=O)(=O)N(C)CC2CCCO2)cc1CCl. The van der Waals surface area contributed by atoms with Crippen molar-refractivity contribution in [3.8, 4) is 0 Å². The molecule has 1 aliphatic rings. The van der Waals surface area contributed by atoms with Crippen molar-refractivity contribution in [1.29, 1.82) is 0 Å². The first-order valence-electron chi connectivity index (χ1n) is 7.10. The molecule has 0 amide bonds. The predicted molar refractivity (Wildman–Crippen MR) is 84.3 cm³/mol. The van der Waals surface area contributed by atoms with E-state index in [0.29, 0.717) is 17.3 Å². The van der Waals surface area contributed by atoms with Gasteiger partial charge in [0.15, 0.2) is 0 Å². The van der Waals surface area contributed by atoms with E-state index in [4.69, 9.17) is 16.3 Å². The fourth-order valence-corrected chi connectivity index (χ4v) is 4.38. The molecule has 0 spiro atoms. The van der Waals surface area contributed by atoms with E-state index in [1.165, 1.54) is 4.31 Å². The molecule has 1 fully saturated rings. The predicted octanol–water partition coefficient (Wildman–Crippen LogP) is 2.84. The van der Waals surface area contributed by atoms with Crippen LogP contribution in [-0.2, 0) is 20.6 Å². The first kappa shape index (κ1) is 16.7. The van der Waals surface area contributed by atoms with Crippen LogP contribution >= 0.6 is 11.6 Å². The van der Waals surface area contributed by atoms with Gasteiger partial charge in [-0.05, 0) is 49.4 Å². The molecule has 1 heterocycles. The first-order chi connectivity index (χ1) is 9.86. The third kappa shape index (κ3) is 3.59. The smallest absolute Gasteiger partial charge is 0.243 e. The second-order valence-corrected chi connectivity index (χ2v) is 7.88. The Morgan fingerprint density at radius 2 is 2.05 bits per heavy atom. The second kappa shape index (κ2) is 6.65. The van der Waals surface area contributed by atoms with E-state index in [2.05, 4.69) is 0 Å². The van der Waals surface area contributed by atoms with Gasteiger partial charge in [-0.25, -0.2) is 8.42 Å². The average molecular weight is 332 g/mol. The van der Waals surface area contributed by atoms with Gasteiger partial charge in [-0.1, -0.05) is 6.07 Å². The van der Waals surface area contributed by atoms with Crippen LogP contribution in [0.2, 0.25) is 0 Å². The maximum atomic E-state index is 12.7. The van der Waals surface area contributed by atoms with E-state index < -0.39 is 10.0 Å². The number of likely N-dealkylation sites (N-methyl/N-ethyl adjacent to an activating group) is 1. The highest BCUT2D eigenvalue weighted by atomic mass is 35.5. The third-order valence-corrected chi connectivity index (χ3v) is 6.20. The monoisotopic (exact) mass is 331 g/mol. The number of nitrogens with zero attached hydrogens (tertiary/aromatic N) is 1. The van der Waals surface area contributed by atoms with E-state index >= 15 is 0 Å². The van der Waals surface area contributed by atoms with Crippen LogP contribution in [0.1, 0.15) is 29.5 Å². The molecule has 1 aromatic rings. The number of hydrogen-bond donors (Lipinski definition) is 0. The molecule has 1 aromatic carbocycles. The molecule has 1 unspecified atom stereocenters. The highest BCUT2D eigenvalue weighted by Crippen LogP contribution is 2.25. The lowest BCUT2D eigenvalue weighted by Gasteiger charge is -2.22. The second-order valence-electron chi connectivity index (χ2n) is 5.60. The highest BCUT2D eigenvalue weighted by Gasteiger charge is 2.27. The minimum absolute atomic E-state index is 0.00280. The number of rotatable bonds is 5. The molecule has 0 aliphatic carbocycles. The van der Waals surface area contributed by atoms with Crippen LogP contribution in [0.3, 0.4) is 0 Å². The zero-order chi connectivity index (χ0) is 15.6. The van der Waals surface area contributed by atoms with E-state index in [0.717, 1.165) is 36.1 Å². The van der Waals surface area contributed by atoms with Gasteiger partial charge in [0.05, 0.1) is 11.0 Å². The molecule has 0 aromatic heterocycles. The molecule has 0 bridgehead atoms. The van der Waals surface area contributed by atoms with Gasteiger partial charge in [-0.2, -0.15) is 4.31 Å². The fourth-order valence-electron chi connectivity index (χ4n) is 2.64. The molecule has 0 saturated carbocycles. The lowest BCUT2D eigenvalue weighted by Crippen LogP contribution is -2.34.